The third-order valence-corrected chi connectivity index (χ3v) is 2.06. The van der Waals surface area contributed by atoms with Crippen molar-refractivity contribution < 1.29 is 14.3 Å². The maximum atomic E-state index is 11.3. The molecule has 1 rings (SSSR count). The topological polar surface area (TPSA) is 49.9 Å². The minimum absolute atomic E-state index is 0.125. The average Bonchev–Trinajstić information content (AvgIpc) is 2.50. The fourth-order valence-corrected chi connectivity index (χ4v) is 1.23. The van der Waals surface area contributed by atoms with E-state index in [0.29, 0.717) is 26.1 Å². The lowest BCUT2D eigenvalue weighted by Crippen LogP contribution is -2.33. The lowest BCUT2D eigenvalue weighted by atomic mass is 10.4. The smallest absolute Gasteiger partial charge is 0.416 e. The quantitative estimate of drug-likeness (QED) is 0.657. The van der Waals surface area contributed by atoms with Crippen LogP contribution in [0.4, 0.5) is 4.79 Å². The molecule has 1 fully saturated rings. The van der Waals surface area contributed by atoms with Crippen LogP contribution in [0.15, 0.2) is 0 Å². The summed E-state index contributed by atoms with van der Waals surface area (Å²) in [6.45, 7) is 1.50. The summed E-state index contributed by atoms with van der Waals surface area (Å²) in [4.78, 5) is 25.5. The Bertz CT molecular complexity index is 228. The highest BCUT2D eigenvalue weighted by molar-refractivity contribution is 5.93. The number of hydrogen-bond acceptors (Lipinski definition) is 4. The number of amides is 2. The fraction of sp³-hybridized carbons (Fsp3) is 0.778. The van der Waals surface area contributed by atoms with E-state index in [4.69, 9.17) is 4.74 Å². The van der Waals surface area contributed by atoms with Crippen LogP contribution in [0, 0.1) is 0 Å². The maximum absolute atomic E-state index is 11.3. The van der Waals surface area contributed by atoms with Gasteiger partial charge in [-0.2, -0.15) is 0 Å². The zero-order valence-electron chi connectivity index (χ0n) is 8.65. The van der Waals surface area contributed by atoms with Crippen LogP contribution in [0.2, 0.25) is 0 Å². The van der Waals surface area contributed by atoms with Gasteiger partial charge in [0.25, 0.3) is 0 Å². The van der Waals surface area contributed by atoms with Crippen LogP contribution >= 0.6 is 0 Å². The van der Waals surface area contributed by atoms with Crippen molar-refractivity contribution in [1.82, 2.24) is 9.80 Å². The Balaban J connectivity index is 2.24. The summed E-state index contributed by atoms with van der Waals surface area (Å²) in [5.41, 5.74) is 0. The van der Waals surface area contributed by atoms with E-state index in [-0.39, 0.29) is 5.91 Å². The van der Waals surface area contributed by atoms with Gasteiger partial charge in [-0.3, -0.25) is 4.79 Å². The van der Waals surface area contributed by atoms with Crippen LogP contribution < -0.4 is 0 Å². The Labute approximate surface area is 83.6 Å². The minimum Gasteiger partial charge on any atom is -0.448 e. The Morgan fingerprint density at radius 2 is 2.29 bits per heavy atom. The molecule has 5 heteroatoms. The maximum Gasteiger partial charge on any atom is 0.416 e. The predicted octanol–water partition coefficient (Wildman–Crippen LogP) is 0.307. The average molecular weight is 200 g/mol. The number of carbonyl (C=O) groups excluding carboxylic acids is 2. The van der Waals surface area contributed by atoms with Gasteiger partial charge in [-0.1, -0.05) is 0 Å². The van der Waals surface area contributed by atoms with Crippen molar-refractivity contribution in [3.63, 3.8) is 0 Å². The number of carbonyl (C=O) groups is 2. The van der Waals surface area contributed by atoms with Gasteiger partial charge in [0, 0.05) is 19.5 Å². The Morgan fingerprint density at radius 3 is 2.79 bits per heavy atom. The molecule has 0 radical (unpaired) electrons. The molecule has 0 aromatic carbocycles. The molecule has 0 aromatic rings. The highest BCUT2D eigenvalue weighted by Crippen LogP contribution is 2.10. The Hall–Kier alpha value is -1.10. The second kappa shape index (κ2) is 4.95. The van der Waals surface area contributed by atoms with Crippen LogP contribution in [0.25, 0.3) is 0 Å². The largest absolute Gasteiger partial charge is 0.448 e. The van der Waals surface area contributed by atoms with Gasteiger partial charge >= 0.3 is 6.09 Å². The predicted molar refractivity (Wildman–Crippen MR) is 50.8 cm³/mol. The molecule has 0 aliphatic carbocycles. The van der Waals surface area contributed by atoms with E-state index in [1.807, 2.05) is 19.0 Å². The molecule has 1 heterocycles. The SMILES string of the molecule is CN(C)CCOC(=O)N1CCCC1=O. The van der Waals surface area contributed by atoms with E-state index in [0.717, 1.165) is 6.42 Å². The minimum atomic E-state index is -0.505. The van der Waals surface area contributed by atoms with Gasteiger partial charge in [0.2, 0.25) is 5.91 Å². The van der Waals surface area contributed by atoms with Crippen LogP contribution in [0.1, 0.15) is 12.8 Å². The second-order valence-corrected chi connectivity index (χ2v) is 3.57. The molecule has 1 aliphatic rings. The van der Waals surface area contributed by atoms with Crippen LogP contribution in [-0.4, -0.2) is 55.6 Å². The number of hydrogen-bond donors (Lipinski definition) is 0. The second-order valence-electron chi connectivity index (χ2n) is 3.57. The number of ether oxygens (including phenoxy) is 1. The molecule has 0 saturated carbocycles. The lowest BCUT2D eigenvalue weighted by molar-refractivity contribution is -0.126. The van der Waals surface area contributed by atoms with Crippen LogP contribution in [0.3, 0.4) is 0 Å². The van der Waals surface area contributed by atoms with Gasteiger partial charge in [0.1, 0.15) is 6.61 Å². The fourth-order valence-electron chi connectivity index (χ4n) is 1.23. The van der Waals surface area contributed by atoms with Crippen molar-refractivity contribution in [2.45, 2.75) is 12.8 Å². The number of likely N-dealkylation sites (N-methyl/N-ethyl adjacent to an activating group) is 1. The van der Waals surface area contributed by atoms with Crippen molar-refractivity contribution in [3.05, 3.63) is 0 Å². The van der Waals surface area contributed by atoms with Gasteiger partial charge in [-0.05, 0) is 20.5 Å². The number of likely N-dealkylation sites (tertiary alicyclic amines) is 1. The van der Waals surface area contributed by atoms with Crippen molar-refractivity contribution in [2.75, 3.05) is 33.8 Å². The van der Waals surface area contributed by atoms with E-state index in [9.17, 15) is 9.59 Å². The van der Waals surface area contributed by atoms with E-state index < -0.39 is 6.09 Å². The third kappa shape index (κ3) is 2.99. The Kier molecular flexibility index (Phi) is 3.88. The molecule has 0 bridgehead atoms. The van der Waals surface area contributed by atoms with Crippen molar-refractivity contribution in [2.24, 2.45) is 0 Å². The summed E-state index contributed by atoms with van der Waals surface area (Å²) in [7, 11) is 3.80. The van der Waals surface area contributed by atoms with Gasteiger partial charge in [0.05, 0.1) is 0 Å². The van der Waals surface area contributed by atoms with Gasteiger partial charge < -0.3 is 9.64 Å². The number of nitrogens with zero attached hydrogens (tertiary/aromatic N) is 2. The molecule has 0 atom stereocenters. The van der Waals surface area contributed by atoms with Gasteiger partial charge in [0.15, 0.2) is 0 Å². The molecule has 5 nitrogen and oxygen atoms in total. The van der Waals surface area contributed by atoms with Crippen molar-refractivity contribution >= 4 is 12.0 Å². The molecular formula is C9H16N2O3. The first kappa shape index (κ1) is 11.0. The highest BCUT2D eigenvalue weighted by atomic mass is 16.6. The van der Waals surface area contributed by atoms with E-state index in [1.54, 1.807) is 0 Å². The first-order valence-corrected chi connectivity index (χ1v) is 4.73. The van der Waals surface area contributed by atoms with E-state index in [2.05, 4.69) is 0 Å². The Morgan fingerprint density at radius 1 is 1.57 bits per heavy atom. The molecule has 0 unspecified atom stereocenters. The summed E-state index contributed by atoms with van der Waals surface area (Å²) >= 11 is 0. The zero-order valence-corrected chi connectivity index (χ0v) is 8.65. The van der Waals surface area contributed by atoms with Crippen LogP contribution in [0.5, 0.6) is 0 Å². The summed E-state index contributed by atoms with van der Waals surface area (Å²) in [6, 6.07) is 0. The van der Waals surface area contributed by atoms with Crippen molar-refractivity contribution in [3.8, 4) is 0 Å². The molecular weight excluding hydrogens is 184 g/mol. The van der Waals surface area contributed by atoms with Crippen molar-refractivity contribution in [1.29, 1.82) is 0 Å². The molecule has 14 heavy (non-hydrogen) atoms. The van der Waals surface area contributed by atoms with Gasteiger partial charge in [-0.15, -0.1) is 0 Å². The number of imide groups is 1. The van der Waals surface area contributed by atoms with Gasteiger partial charge in [-0.25, -0.2) is 9.69 Å². The number of rotatable bonds is 3. The zero-order chi connectivity index (χ0) is 10.6. The summed E-state index contributed by atoms with van der Waals surface area (Å²) in [6.07, 6.45) is 0.707. The molecule has 0 spiro atoms. The molecule has 1 saturated heterocycles. The summed E-state index contributed by atoms with van der Waals surface area (Å²) in [5, 5.41) is 0. The summed E-state index contributed by atoms with van der Waals surface area (Å²) in [5.74, 6) is -0.125. The standard InChI is InChI=1S/C9H16N2O3/c1-10(2)6-7-14-9(13)11-5-3-4-8(11)12/h3-7H2,1-2H3. The summed E-state index contributed by atoms with van der Waals surface area (Å²) < 4.78 is 4.93. The molecule has 80 valence electrons. The lowest BCUT2D eigenvalue weighted by Gasteiger charge is -2.15. The van der Waals surface area contributed by atoms with Crippen LogP contribution in [-0.2, 0) is 9.53 Å². The molecule has 2 amide bonds. The molecule has 0 N–H and O–H groups in total. The highest BCUT2D eigenvalue weighted by Gasteiger charge is 2.27. The third-order valence-electron chi connectivity index (χ3n) is 2.06. The first-order chi connectivity index (χ1) is 6.61. The first-order valence-electron chi connectivity index (χ1n) is 4.73. The molecule has 0 aromatic heterocycles. The van der Waals surface area contributed by atoms with E-state index >= 15 is 0 Å². The van der Waals surface area contributed by atoms with E-state index in [1.165, 1.54) is 4.90 Å². The monoisotopic (exact) mass is 200 g/mol. The molecule has 1 aliphatic heterocycles. The normalized spacial score (nSPS) is 16.5.